The van der Waals surface area contributed by atoms with Gasteiger partial charge in [0.25, 0.3) is 0 Å². The summed E-state index contributed by atoms with van der Waals surface area (Å²) in [5, 5.41) is 9.77. The highest BCUT2D eigenvalue weighted by molar-refractivity contribution is 7.99. The number of amides is 2. The molecule has 0 saturated carbocycles. The molecular formula is C25H29N5O2S. The number of para-hydroxylation sites is 1. The molecule has 2 N–H and O–H groups in total. The number of hydrogen-bond acceptors (Lipinski definition) is 5. The van der Waals surface area contributed by atoms with Gasteiger partial charge in [0.2, 0.25) is 11.8 Å². The summed E-state index contributed by atoms with van der Waals surface area (Å²) in [7, 11) is 0. The second kappa shape index (κ2) is 11.1. The lowest BCUT2D eigenvalue weighted by Gasteiger charge is -2.30. The van der Waals surface area contributed by atoms with Crippen molar-refractivity contribution in [3.63, 3.8) is 0 Å². The molecule has 172 valence electrons. The van der Waals surface area contributed by atoms with Gasteiger partial charge < -0.3 is 10.6 Å². The Hall–Kier alpha value is -3.13. The third-order valence-corrected chi connectivity index (χ3v) is 6.96. The first-order chi connectivity index (χ1) is 16.1. The number of nitrogens with zero attached hydrogens (tertiary/aromatic N) is 4. The van der Waals surface area contributed by atoms with Crippen molar-refractivity contribution in [3.05, 3.63) is 60.7 Å². The lowest BCUT2D eigenvalue weighted by Crippen LogP contribution is -2.41. The number of likely N-dealkylation sites (tertiary alicyclic amines) is 1. The molecule has 0 aliphatic carbocycles. The molecule has 0 radical (unpaired) electrons. The summed E-state index contributed by atoms with van der Waals surface area (Å²) in [4.78, 5) is 25.6. The summed E-state index contributed by atoms with van der Waals surface area (Å²) in [5.74, 6) is 1.50. The van der Waals surface area contributed by atoms with Crippen molar-refractivity contribution in [1.29, 1.82) is 0 Å². The number of primary amides is 1. The first-order valence-electron chi connectivity index (χ1n) is 11.4. The van der Waals surface area contributed by atoms with E-state index in [-0.39, 0.29) is 17.7 Å². The van der Waals surface area contributed by atoms with E-state index in [0.717, 1.165) is 40.8 Å². The van der Waals surface area contributed by atoms with E-state index < -0.39 is 0 Å². The lowest BCUT2D eigenvalue weighted by atomic mass is 9.96. The maximum atomic E-state index is 12.5. The Balaban J connectivity index is 1.31. The third kappa shape index (κ3) is 5.82. The highest BCUT2D eigenvalue weighted by Crippen LogP contribution is 2.28. The topological polar surface area (TPSA) is 94.1 Å². The summed E-state index contributed by atoms with van der Waals surface area (Å²) in [6.45, 7) is 1.26. The summed E-state index contributed by atoms with van der Waals surface area (Å²) in [5.41, 5.74) is 7.42. The highest BCUT2D eigenvalue weighted by Gasteiger charge is 2.25. The summed E-state index contributed by atoms with van der Waals surface area (Å²) in [6.07, 6.45) is 3.62. The van der Waals surface area contributed by atoms with Crippen LogP contribution in [0.4, 0.5) is 0 Å². The Morgan fingerprint density at radius 3 is 2.27 bits per heavy atom. The van der Waals surface area contributed by atoms with E-state index in [4.69, 9.17) is 5.73 Å². The van der Waals surface area contributed by atoms with Gasteiger partial charge in [0, 0.05) is 42.4 Å². The predicted molar refractivity (Wildman–Crippen MR) is 130 cm³/mol. The molecule has 1 fully saturated rings. The molecule has 4 rings (SSSR count). The zero-order valence-corrected chi connectivity index (χ0v) is 19.4. The molecule has 0 spiro atoms. The number of thioether (sulfide) groups is 1. The van der Waals surface area contributed by atoms with Crippen LogP contribution in [0.15, 0.2) is 65.8 Å². The molecule has 1 aliphatic rings. The van der Waals surface area contributed by atoms with Crippen LogP contribution in [-0.2, 0) is 9.59 Å². The van der Waals surface area contributed by atoms with E-state index >= 15 is 0 Å². The molecule has 2 amide bonds. The molecule has 33 heavy (non-hydrogen) atoms. The number of benzene rings is 2. The SMILES string of the molecule is NC(=O)C1CCN(C(=O)CCCCSc2nnc(-c3ccccc3)n2-c2ccccc2)CC1. The molecule has 3 aromatic rings. The molecule has 2 aromatic carbocycles. The van der Waals surface area contributed by atoms with Gasteiger partial charge in [-0.3, -0.25) is 14.2 Å². The van der Waals surface area contributed by atoms with Crippen LogP contribution in [0.2, 0.25) is 0 Å². The van der Waals surface area contributed by atoms with Crippen LogP contribution in [0.5, 0.6) is 0 Å². The molecule has 1 saturated heterocycles. The number of carbonyl (C=O) groups excluding carboxylic acids is 2. The summed E-state index contributed by atoms with van der Waals surface area (Å²) in [6, 6.07) is 20.2. The van der Waals surface area contributed by atoms with Crippen LogP contribution in [-0.4, -0.2) is 50.3 Å². The normalized spacial score (nSPS) is 14.4. The molecule has 1 aromatic heterocycles. The number of nitrogens with two attached hydrogens (primary N) is 1. The largest absolute Gasteiger partial charge is 0.369 e. The van der Waals surface area contributed by atoms with E-state index in [2.05, 4.69) is 26.9 Å². The molecular weight excluding hydrogens is 434 g/mol. The average Bonchev–Trinajstić information content (AvgIpc) is 3.28. The van der Waals surface area contributed by atoms with Crippen LogP contribution >= 0.6 is 11.8 Å². The Morgan fingerprint density at radius 2 is 1.61 bits per heavy atom. The molecule has 0 atom stereocenters. The van der Waals surface area contributed by atoms with Crippen molar-refractivity contribution in [3.8, 4) is 17.1 Å². The third-order valence-electron chi connectivity index (χ3n) is 5.95. The van der Waals surface area contributed by atoms with Crippen LogP contribution in [0.1, 0.15) is 32.1 Å². The van der Waals surface area contributed by atoms with Crippen LogP contribution < -0.4 is 5.73 Å². The highest BCUT2D eigenvalue weighted by atomic mass is 32.2. The first kappa shape index (κ1) is 23.0. The van der Waals surface area contributed by atoms with Crippen molar-refractivity contribution < 1.29 is 9.59 Å². The van der Waals surface area contributed by atoms with Crippen LogP contribution in [0, 0.1) is 5.92 Å². The van der Waals surface area contributed by atoms with Gasteiger partial charge in [0.1, 0.15) is 0 Å². The van der Waals surface area contributed by atoms with Gasteiger partial charge in [-0.25, -0.2) is 0 Å². The van der Waals surface area contributed by atoms with E-state index in [1.165, 1.54) is 0 Å². The van der Waals surface area contributed by atoms with Crippen molar-refractivity contribution in [2.45, 2.75) is 37.3 Å². The van der Waals surface area contributed by atoms with Gasteiger partial charge in [-0.05, 0) is 37.8 Å². The number of aromatic nitrogens is 3. The Morgan fingerprint density at radius 1 is 0.939 bits per heavy atom. The molecule has 2 heterocycles. The van der Waals surface area contributed by atoms with E-state index in [1.807, 2.05) is 53.4 Å². The lowest BCUT2D eigenvalue weighted by molar-refractivity contribution is -0.134. The monoisotopic (exact) mass is 463 g/mol. The zero-order valence-electron chi connectivity index (χ0n) is 18.6. The number of piperidine rings is 1. The molecule has 0 unspecified atom stereocenters. The summed E-state index contributed by atoms with van der Waals surface area (Å²) >= 11 is 1.66. The number of hydrogen-bond donors (Lipinski definition) is 1. The second-order valence-corrected chi connectivity index (χ2v) is 9.27. The van der Waals surface area contributed by atoms with Gasteiger partial charge in [-0.15, -0.1) is 10.2 Å². The Bertz CT molecular complexity index is 1060. The van der Waals surface area contributed by atoms with Gasteiger partial charge in [0.15, 0.2) is 11.0 Å². The predicted octanol–water partition coefficient (Wildman–Crippen LogP) is 3.92. The number of carbonyl (C=O) groups is 2. The van der Waals surface area contributed by atoms with Crippen molar-refractivity contribution >= 4 is 23.6 Å². The van der Waals surface area contributed by atoms with Gasteiger partial charge in [0.05, 0.1) is 0 Å². The molecule has 7 nitrogen and oxygen atoms in total. The van der Waals surface area contributed by atoms with Crippen molar-refractivity contribution in [2.75, 3.05) is 18.8 Å². The summed E-state index contributed by atoms with van der Waals surface area (Å²) < 4.78 is 2.09. The number of unbranched alkanes of at least 4 members (excludes halogenated alkanes) is 1. The smallest absolute Gasteiger partial charge is 0.222 e. The fraction of sp³-hybridized carbons (Fsp3) is 0.360. The van der Waals surface area contributed by atoms with Crippen LogP contribution in [0.25, 0.3) is 17.1 Å². The minimum absolute atomic E-state index is 0.0896. The van der Waals surface area contributed by atoms with Crippen LogP contribution in [0.3, 0.4) is 0 Å². The average molecular weight is 464 g/mol. The fourth-order valence-corrected chi connectivity index (χ4v) is 5.01. The van der Waals surface area contributed by atoms with Gasteiger partial charge in [-0.1, -0.05) is 60.3 Å². The van der Waals surface area contributed by atoms with E-state index in [9.17, 15) is 9.59 Å². The first-order valence-corrected chi connectivity index (χ1v) is 12.4. The Labute approximate surface area is 198 Å². The Kier molecular flexibility index (Phi) is 7.78. The number of rotatable bonds is 9. The zero-order chi connectivity index (χ0) is 23.0. The van der Waals surface area contributed by atoms with Gasteiger partial charge in [-0.2, -0.15) is 0 Å². The minimum Gasteiger partial charge on any atom is -0.369 e. The quantitative estimate of drug-likeness (QED) is 0.383. The minimum atomic E-state index is -0.252. The van der Waals surface area contributed by atoms with Crippen molar-refractivity contribution in [2.24, 2.45) is 11.7 Å². The maximum Gasteiger partial charge on any atom is 0.222 e. The fourth-order valence-electron chi connectivity index (χ4n) is 4.06. The van der Waals surface area contributed by atoms with Gasteiger partial charge >= 0.3 is 0 Å². The van der Waals surface area contributed by atoms with Crippen molar-refractivity contribution in [1.82, 2.24) is 19.7 Å². The van der Waals surface area contributed by atoms with E-state index in [0.29, 0.717) is 32.4 Å². The molecule has 1 aliphatic heterocycles. The maximum absolute atomic E-state index is 12.5. The molecule has 0 bridgehead atoms. The second-order valence-electron chi connectivity index (χ2n) is 8.21. The molecule has 8 heteroatoms. The standard InChI is InChI=1S/C25H29N5O2S/c26-23(32)19-14-16-29(17-15-19)22(31)13-7-8-18-33-25-28-27-24(20-9-3-1-4-10-20)30(25)21-11-5-2-6-12-21/h1-6,9-12,19H,7-8,13-18H2,(H2,26,32). The van der Waals surface area contributed by atoms with E-state index in [1.54, 1.807) is 11.8 Å².